The van der Waals surface area contributed by atoms with E-state index in [-0.39, 0.29) is 21.6 Å². The maximum absolute atomic E-state index is 12.6. The van der Waals surface area contributed by atoms with Crippen molar-refractivity contribution in [2.75, 3.05) is 18.8 Å². The number of anilines is 1. The van der Waals surface area contributed by atoms with E-state index in [1.54, 1.807) is 0 Å². The van der Waals surface area contributed by atoms with Crippen molar-refractivity contribution >= 4 is 21.7 Å². The van der Waals surface area contributed by atoms with Crippen molar-refractivity contribution in [3.05, 3.63) is 23.8 Å². The van der Waals surface area contributed by atoms with Gasteiger partial charge in [-0.15, -0.1) is 0 Å². The van der Waals surface area contributed by atoms with Gasteiger partial charge in [0, 0.05) is 13.1 Å². The molecule has 1 saturated heterocycles. The molecule has 0 saturated carbocycles. The van der Waals surface area contributed by atoms with Gasteiger partial charge >= 0.3 is 5.97 Å². The van der Waals surface area contributed by atoms with Crippen LogP contribution in [0.1, 0.15) is 37.0 Å². The average Bonchev–Trinajstić information content (AvgIpc) is 2.37. The molecule has 1 aromatic carbocycles. The van der Waals surface area contributed by atoms with E-state index < -0.39 is 16.0 Å². The molecule has 0 aromatic heterocycles. The van der Waals surface area contributed by atoms with Crippen molar-refractivity contribution in [1.82, 2.24) is 4.31 Å². The zero-order chi connectivity index (χ0) is 15.8. The van der Waals surface area contributed by atoms with Crippen LogP contribution in [0.25, 0.3) is 0 Å². The van der Waals surface area contributed by atoms with Crippen molar-refractivity contribution in [2.24, 2.45) is 5.41 Å². The summed E-state index contributed by atoms with van der Waals surface area (Å²) in [6, 6.07) is 3.72. The van der Waals surface area contributed by atoms with Gasteiger partial charge in [0.05, 0.1) is 11.3 Å². The first-order valence-corrected chi connectivity index (χ1v) is 8.20. The Labute approximate surface area is 124 Å². The molecule has 6 nitrogen and oxygen atoms in total. The summed E-state index contributed by atoms with van der Waals surface area (Å²) in [5.41, 5.74) is 5.83. The van der Waals surface area contributed by atoms with Crippen molar-refractivity contribution in [1.29, 1.82) is 0 Å². The standard InChI is InChI=1S/C14H20N2O4S/c1-14(2)5-7-16(8-6-14)21(19,20)12-4-3-10(13(17)18)9-11(12)15/h3-4,9H,5-8,15H2,1-2H3,(H,17,18). The van der Waals surface area contributed by atoms with Crippen LogP contribution in [0.5, 0.6) is 0 Å². The summed E-state index contributed by atoms with van der Waals surface area (Å²) in [5, 5.41) is 8.89. The number of nitrogen functional groups attached to an aromatic ring is 1. The lowest BCUT2D eigenvalue weighted by Crippen LogP contribution is -2.41. The second-order valence-electron chi connectivity index (χ2n) is 6.13. The van der Waals surface area contributed by atoms with Gasteiger partial charge in [0.25, 0.3) is 0 Å². The Morgan fingerprint density at radius 3 is 2.33 bits per heavy atom. The number of benzene rings is 1. The van der Waals surface area contributed by atoms with E-state index >= 15 is 0 Å². The van der Waals surface area contributed by atoms with Gasteiger partial charge in [0.15, 0.2) is 0 Å². The molecule has 1 fully saturated rings. The monoisotopic (exact) mass is 312 g/mol. The van der Waals surface area contributed by atoms with Crippen LogP contribution in [-0.2, 0) is 10.0 Å². The van der Waals surface area contributed by atoms with Gasteiger partial charge in [-0.1, -0.05) is 13.8 Å². The van der Waals surface area contributed by atoms with Crippen LogP contribution < -0.4 is 5.73 Å². The summed E-state index contributed by atoms with van der Waals surface area (Å²) in [6.45, 7) is 5.14. The Morgan fingerprint density at radius 2 is 1.86 bits per heavy atom. The van der Waals surface area contributed by atoms with E-state index in [1.165, 1.54) is 22.5 Å². The molecule has 0 radical (unpaired) electrons. The lowest BCUT2D eigenvalue weighted by atomic mass is 9.83. The molecule has 0 atom stereocenters. The third-order valence-electron chi connectivity index (χ3n) is 3.95. The van der Waals surface area contributed by atoms with Gasteiger partial charge < -0.3 is 10.8 Å². The fourth-order valence-corrected chi connectivity index (χ4v) is 3.93. The number of rotatable bonds is 3. The minimum Gasteiger partial charge on any atom is -0.478 e. The molecule has 0 aliphatic carbocycles. The topological polar surface area (TPSA) is 101 Å². The van der Waals surface area contributed by atoms with Crippen LogP contribution in [-0.4, -0.2) is 36.9 Å². The Morgan fingerprint density at radius 1 is 1.29 bits per heavy atom. The van der Waals surface area contributed by atoms with E-state index in [2.05, 4.69) is 13.8 Å². The smallest absolute Gasteiger partial charge is 0.335 e. The zero-order valence-electron chi connectivity index (χ0n) is 12.2. The molecule has 7 heteroatoms. The predicted octanol–water partition coefficient (Wildman–Crippen LogP) is 1.78. The van der Waals surface area contributed by atoms with Gasteiger partial charge in [0.1, 0.15) is 4.90 Å². The fourth-order valence-electron chi connectivity index (χ4n) is 2.39. The number of nitrogens with two attached hydrogens (primary N) is 1. The molecule has 1 aromatic rings. The Balaban J connectivity index is 2.30. The van der Waals surface area contributed by atoms with Crippen LogP contribution in [0.3, 0.4) is 0 Å². The Bertz CT molecular complexity index is 658. The van der Waals surface area contributed by atoms with E-state index in [4.69, 9.17) is 10.8 Å². The van der Waals surface area contributed by atoms with E-state index in [9.17, 15) is 13.2 Å². The molecule has 0 amide bonds. The molecule has 21 heavy (non-hydrogen) atoms. The Kier molecular flexibility index (Phi) is 3.99. The first-order chi connectivity index (χ1) is 9.63. The van der Waals surface area contributed by atoms with Crippen LogP contribution >= 0.6 is 0 Å². The number of carbonyl (C=O) groups is 1. The molecule has 2 rings (SSSR count). The molecule has 116 valence electrons. The number of hydrogen-bond acceptors (Lipinski definition) is 4. The summed E-state index contributed by atoms with van der Waals surface area (Å²) in [4.78, 5) is 10.9. The molecule has 0 unspecified atom stereocenters. The average molecular weight is 312 g/mol. The molecule has 1 aliphatic rings. The lowest BCUT2D eigenvalue weighted by Gasteiger charge is -2.36. The van der Waals surface area contributed by atoms with Crippen molar-refractivity contribution in [2.45, 2.75) is 31.6 Å². The maximum Gasteiger partial charge on any atom is 0.335 e. The first kappa shape index (κ1) is 15.8. The van der Waals surface area contributed by atoms with Crippen LogP contribution in [0.4, 0.5) is 5.69 Å². The Hall–Kier alpha value is -1.60. The number of piperidine rings is 1. The SMILES string of the molecule is CC1(C)CCN(S(=O)(=O)c2ccc(C(=O)O)cc2N)CC1. The lowest BCUT2D eigenvalue weighted by molar-refractivity contribution is 0.0696. The minimum atomic E-state index is -3.67. The van der Waals surface area contributed by atoms with E-state index in [0.29, 0.717) is 13.1 Å². The van der Waals surface area contributed by atoms with Crippen molar-refractivity contribution < 1.29 is 18.3 Å². The molecule has 0 bridgehead atoms. The number of carboxylic acid groups (broad SMARTS) is 1. The molecule has 1 aliphatic heterocycles. The third kappa shape index (κ3) is 3.19. The number of hydrogen-bond donors (Lipinski definition) is 2. The highest BCUT2D eigenvalue weighted by molar-refractivity contribution is 7.89. The van der Waals surface area contributed by atoms with Gasteiger partial charge in [-0.3, -0.25) is 0 Å². The molecule has 3 N–H and O–H groups in total. The van der Waals surface area contributed by atoms with Gasteiger partial charge in [-0.2, -0.15) is 4.31 Å². The predicted molar refractivity (Wildman–Crippen MR) is 79.6 cm³/mol. The van der Waals surface area contributed by atoms with E-state index in [0.717, 1.165) is 12.8 Å². The molecule has 0 spiro atoms. The van der Waals surface area contributed by atoms with Crippen LogP contribution in [0.2, 0.25) is 0 Å². The summed E-state index contributed by atoms with van der Waals surface area (Å²) in [7, 11) is -3.67. The van der Waals surface area contributed by atoms with Crippen molar-refractivity contribution in [3.8, 4) is 0 Å². The quantitative estimate of drug-likeness (QED) is 0.829. The largest absolute Gasteiger partial charge is 0.478 e. The minimum absolute atomic E-state index is 0.0211. The highest BCUT2D eigenvalue weighted by Crippen LogP contribution is 2.33. The second-order valence-corrected chi connectivity index (χ2v) is 8.03. The summed E-state index contributed by atoms with van der Waals surface area (Å²) < 4.78 is 26.6. The molecular formula is C14H20N2O4S. The van der Waals surface area contributed by atoms with Gasteiger partial charge in [-0.25, -0.2) is 13.2 Å². The van der Waals surface area contributed by atoms with Gasteiger partial charge in [-0.05, 0) is 36.5 Å². The number of nitrogens with zero attached hydrogens (tertiary/aromatic N) is 1. The maximum atomic E-state index is 12.6. The third-order valence-corrected chi connectivity index (χ3v) is 5.92. The number of sulfonamides is 1. The molecular weight excluding hydrogens is 292 g/mol. The number of carboxylic acids is 1. The van der Waals surface area contributed by atoms with Crippen LogP contribution in [0, 0.1) is 5.41 Å². The first-order valence-electron chi connectivity index (χ1n) is 6.76. The molecule has 1 heterocycles. The normalized spacial score (nSPS) is 19.3. The highest BCUT2D eigenvalue weighted by Gasteiger charge is 2.33. The van der Waals surface area contributed by atoms with E-state index in [1.807, 2.05) is 0 Å². The summed E-state index contributed by atoms with van der Waals surface area (Å²) in [6.07, 6.45) is 1.58. The van der Waals surface area contributed by atoms with Crippen LogP contribution in [0.15, 0.2) is 23.1 Å². The summed E-state index contributed by atoms with van der Waals surface area (Å²) in [5.74, 6) is -1.13. The number of aromatic carboxylic acids is 1. The fraction of sp³-hybridized carbons (Fsp3) is 0.500. The van der Waals surface area contributed by atoms with Gasteiger partial charge in [0.2, 0.25) is 10.0 Å². The second kappa shape index (κ2) is 5.31. The van der Waals surface area contributed by atoms with Crippen molar-refractivity contribution in [3.63, 3.8) is 0 Å². The summed E-state index contributed by atoms with van der Waals surface area (Å²) >= 11 is 0. The zero-order valence-corrected chi connectivity index (χ0v) is 13.0. The highest BCUT2D eigenvalue weighted by atomic mass is 32.2.